The van der Waals surface area contributed by atoms with Crippen LogP contribution in [0.4, 0.5) is 0 Å². The lowest BCUT2D eigenvalue weighted by atomic mass is 10.0. The van der Waals surface area contributed by atoms with Gasteiger partial charge < -0.3 is 19.2 Å². The van der Waals surface area contributed by atoms with Gasteiger partial charge in [0, 0.05) is 23.0 Å². The van der Waals surface area contributed by atoms with Crippen LogP contribution in [0.3, 0.4) is 0 Å². The van der Waals surface area contributed by atoms with Gasteiger partial charge in [0.05, 0.1) is 37.5 Å². The average Bonchev–Trinajstić information content (AvgIpc) is 3.40. The zero-order valence-corrected chi connectivity index (χ0v) is 16.0. The zero-order valence-electron chi connectivity index (χ0n) is 16.0. The molecule has 1 aromatic heterocycles. The number of ether oxygens (including phenoxy) is 3. The molecule has 0 radical (unpaired) electrons. The maximum Gasteiger partial charge on any atom is 0.338 e. The molecule has 1 aliphatic rings. The third kappa shape index (κ3) is 4.15. The average molecular weight is 388 g/mol. The molecule has 0 aliphatic carbocycles. The van der Waals surface area contributed by atoms with Crippen molar-refractivity contribution in [3.8, 4) is 11.8 Å². The van der Waals surface area contributed by atoms with Crippen LogP contribution in [0.25, 0.3) is 22.6 Å². The summed E-state index contributed by atoms with van der Waals surface area (Å²) in [6.07, 6.45) is 2.70. The Balaban J connectivity index is 1.63. The van der Waals surface area contributed by atoms with Gasteiger partial charge in [0.25, 0.3) is 0 Å². The van der Waals surface area contributed by atoms with Crippen molar-refractivity contribution in [3.05, 3.63) is 65.4 Å². The van der Waals surface area contributed by atoms with Crippen LogP contribution in [0.15, 0.2) is 48.5 Å². The first-order valence-corrected chi connectivity index (χ1v) is 9.34. The fourth-order valence-corrected chi connectivity index (χ4v) is 3.34. The van der Waals surface area contributed by atoms with Gasteiger partial charge in [-0.2, -0.15) is 5.26 Å². The second kappa shape index (κ2) is 8.21. The SMILES string of the molecule is COC(=O)C(=Cc1cc2cc(C#N)ccc2[nH]1)c1ccc(O[C@@H]2CCOC2)cc1. The smallest absolute Gasteiger partial charge is 0.338 e. The Bertz CT molecular complexity index is 1100. The minimum atomic E-state index is -0.431. The van der Waals surface area contributed by atoms with Crippen LogP contribution >= 0.6 is 0 Å². The molecule has 1 aliphatic heterocycles. The lowest BCUT2D eigenvalue weighted by molar-refractivity contribution is -0.133. The quantitative estimate of drug-likeness (QED) is 0.529. The number of benzene rings is 2. The van der Waals surface area contributed by atoms with Gasteiger partial charge in [0.2, 0.25) is 0 Å². The number of esters is 1. The fraction of sp³-hybridized carbons (Fsp3) is 0.217. The second-order valence-electron chi connectivity index (χ2n) is 6.82. The minimum Gasteiger partial charge on any atom is -0.488 e. The number of fused-ring (bicyclic) bond motifs is 1. The highest BCUT2D eigenvalue weighted by molar-refractivity contribution is 6.21. The molecule has 0 bridgehead atoms. The Hall–Kier alpha value is -3.56. The number of methoxy groups -OCH3 is 1. The maximum atomic E-state index is 12.4. The lowest BCUT2D eigenvalue weighted by Crippen LogP contribution is -2.15. The van der Waals surface area contributed by atoms with Gasteiger partial charge in [-0.25, -0.2) is 4.79 Å². The van der Waals surface area contributed by atoms with Gasteiger partial charge in [0.1, 0.15) is 11.9 Å². The summed E-state index contributed by atoms with van der Waals surface area (Å²) in [6, 6.07) is 16.8. The normalized spacial score (nSPS) is 16.6. The molecule has 6 heteroatoms. The van der Waals surface area contributed by atoms with E-state index < -0.39 is 5.97 Å². The maximum absolute atomic E-state index is 12.4. The highest BCUT2D eigenvalue weighted by atomic mass is 16.5. The summed E-state index contributed by atoms with van der Waals surface area (Å²) in [5.74, 6) is 0.308. The largest absolute Gasteiger partial charge is 0.488 e. The summed E-state index contributed by atoms with van der Waals surface area (Å²) in [5, 5.41) is 9.97. The Labute approximate surface area is 168 Å². The molecular formula is C23H20N2O4. The molecule has 2 heterocycles. The molecule has 0 amide bonds. The molecule has 1 N–H and O–H groups in total. The Kier molecular flexibility index (Phi) is 5.32. The van der Waals surface area contributed by atoms with Crippen molar-refractivity contribution in [1.82, 2.24) is 4.98 Å². The molecular weight excluding hydrogens is 368 g/mol. The Morgan fingerprint density at radius 1 is 1.24 bits per heavy atom. The van der Waals surface area contributed by atoms with E-state index in [0.717, 1.165) is 40.9 Å². The van der Waals surface area contributed by atoms with Gasteiger partial charge in [-0.15, -0.1) is 0 Å². The van der Waals surface area contributed by atoms with Gasteiger partial charge in [0.15, 0.2) is 0 Å². The summed E-state index contributed by atoms with van der Waals surface area (Å²) < 4.78 is 16.2. The number of nitrogens with one attached hydrogen (secondary N) is 1. The van der Waals surface area contributed by atoms with E-state index in [9.17, 15) is 4.79 Å². The molecule has 1 fully saturated rings. The summed E-state index contributed by atoms with van der Waals surface area (Å²) in [5.41, 5.74) is 3.38. The summed E-state index contributed by atoms with van der Waals surface area (Å²) in [4.78, 5) is 15.7. The molecule has 0 unspecified atom stereocenters. The number of carbonyl (C=O) groups is 1. The number of aromatic nitrogens is 1. The van der Waals surface area contributed by atoms with Crippen LogP contribution in [0.5, 0.6) is 5.75 Å². The minimum absolute atomic E-state index is 0.0705. The van der Waals surface area contributed by atoms with Crippen molar-refractivity contribution in [3.63, 3.8) is 0 Å². The summed E-state index contributed by atoms with van der Waals surface area (Å²) in [7, 11) is 1.36. The van der Waals surface area contributed by atoms with E-state index in [1.165, 1.54) is 7.11 Å². The van der Waals surface area contributed by atoms with Crippen LogP contribution < -0.4 is 4.74 Å². The number of carbonyl (C=O) groups excluding carboxylic acids is 1. The number of rotatable bonds is 5. The van der Waals surface area contributed by atoms with Gasteiger partial charge in [-0.3, -0.25) is 0 Å². The van der Waals surface area contributed by atoms with Crippen LogP contribution in [0.2, 0.25) is 0 Å². The van der Waals surface area contributed by atoms with E-state index in [-0.39, 0.29) is 6.10 Å². The number of hydrogen-bond donors (Lipinski definition) is 1. The van der Waals surface area contributed by atoms with E-state index in [1.54, 1.807) is 18.2 Å². The second-order valence-corrected chi connectivity index (χ2v) is 6.82. The van der Waals surface area contributed by atoms with E-state index in [4.69, 9.17) is 19.5 Å². The van der Waals surface area contributed by atoms with E-state index >= 15 is 0 Å². The highest BCUT2D eigenvalue weighted by Crippen LogP contribution is 2.25. The number of nitriles is 1. The molecule has 29 heavy (non-hydrogen) atoms. The fourth-order valence-electron chi connectivity index (χ4n) is 3.34. The van der Waals surface area contributed by atoms with Crippen LogP contribution in [-0.2, 0) is 14.3 Å². The van der Waals surface area contributed by atoms with Gasteiger partial charge in [-0.1, -0.05) is 12.1 Å². The molecule has 0 saturated carbocycles. The molecule has 6 nitrogen and oxygen atoms in total. The van der Waals surface area contributed by atoms with Gasteiger partial charge in [-0.05, 0) is 48.0 Å². The third-order valence-electron chi connectivity index (χ3n) is 4.83. The Morgan fingerprint density at radius 3 is 2.76 bits per heavy atom. The van der Waals surface area contributed by atoms with Crippen molar-refractivity contribution in [2.45, 2.75) is 12.5 Å². The monoisotopic (exact) mass is 388 g/mol. The van der Waals surface area contributed by atoms with Crippen molar-refractivity contribution < 1.29 is 19.0 Å². The topological polar surface area (TPSA) is 84.3 Å². The highest BCUT2D eigenvalue weighted by Gasteiger charge is 2.18. The molecule has 146 valence electrons. The van der Waals surface area contributed by atoms with Crippen LogP contribution in [0.1, 0.15) is 23.2 Å². The van der Waals surface area contributed by atoms with Gasteiger partial charge >= 0.3 is 5.97 Å². The first kappa shape index (κ1) is 18.8. The van der Waals surface area contributed by atoms with Crippen molar-refractivity contribution in [2.24, 2.45) is 0 Å². The molecule has 2 aromatic carbocycles. The van der Waals surface area contributed by atoms with Crippen molar-refractivity contribution in [1.29, 1.82) is 5.26 Å². The number of aromatic amines is 1. The molecule has 1 atom stereocenters. The number of hydrogen-bond acceptors (Lipinski definition) is 5. The first-order valence-electron chi connectivity index (χ1n) is 9.34. The summed E-state index contributed by atoms with van der Waals surface area (Å²) in [6.45, 7) is 1.32. The van der Waals surface area contributed by atoms with Crippen molar-refractivity contribution >= 4 is 28.5 Å². The Morgan fingerprint density at radius 2 is 2.07 bits per heavy atom. The third-order valence-corrected chi connectivity index (χ3v) is 4.83. The predicted molar refractivity (Wildman–Crippen MR) is 109 cm³/mol. The first-order chi connectivity index (χ1) is 14.2. The zero-order chi connectivity index (χ0) is 20.2. The van der Waals surface area contributed by atoms with Crippen LogP contribution in [0, 0.1) is 11.3 Å². The predicted octanol–water partition coefficient (Wildman–Crippen LogP) is 3.92. The standard InChI is InChI=1S/C23H20N2O4/c1-27-23(26)21(12-18-11-17-10-15(13-24)2-7-22(17)25-18)16-3-5-19(6-4-16)29-20-8-9-28-14-20/h2-7,10-12,20,25H,8-9,14H2,1H3/t20-/m1/s1. The van der Waals surface area contributed by atoms with E-state index in [0.29, 0.717) is 17.7 Å². The lowest BCUT2D eigenvalue weighted by Gasteiger charge is -2.12. The van der Waals surface area contributed by atoms with Crippen LogP contribution in [-0.4, -0.2) is 37.4 Å². The summed E-state index contributed by atoms with van der Waals surface area (Å²) >= 11 is 0. The van der Waals surface area contributed by atoms with E-state index in [2.05, 4.69) is 11.1 Å². The molecule has 1 saturated heterocycles. The molecule has 0 spiro atoms. The number of nitrogens with zero attached hydrogens (tertiary/aromatic N) is 1. The van der Waals surface area contributed by atoms with E-state index in [1.807, 2.05) is 36.4 Å². The molecule has 3 aromatic rings. The molecule has 4 rings (SSSR count). The number of H-pyrrole nitrogens is 1. The van der Waals surface area contributed by atoms with Crippen molar-refractivity contribution in [2.75, 3.05) is 20.3 Å².